The van der Waals surface area contributed by atoms with Gasteiger partial charge in [0.1, 0.15) is 16.1 Å². The van der Waals surface area contributed by atoms with Crippen molar-refractivity contribution in [3.8, 4) is 5.88 Å². The van der Waals surface area contributed by atoms with Gasteiger partial charge in [0.05, 0.1) is 23.7 Å². The average Bonchev–Trinajstić information content (AvgIpc) is 2.73. The topological polar surface area (TPSA) is 62.5 Å². The number of ether oxygens (including phenoxy) is 1. The first kappa shape index (κ1) is 15.9. The van der Waals surface area contributed by atoms with E-state index in [9.17, 15) is 4.55 Å². The van der Waals surface area contributed by atoms with Gasteiger partial charge in [0, 0.05) is 12.6 Å². The Bertz CT molecular complexity index is 686. The van der Waals surface area contributed by atoms with Gasteiger partial charge in [-0.3, -0.25) is 4.68 Å². The van der Waals surface area contributed by atoms with Crippen molar-refractivity contribution in [2.24, 2.45) is 11.4 Å². The number of benzene rings is 1. The highest BCUT2D eigenvalue weighted by Gasteiger charge is 2.26. The third-order valence-corrected chi connectivity index (χ3v) is 4.66. The summed E-state index contributed by atoms with van der Waals surface area (Å²) in [6, 6.07) is 5.90. The van der Waals surface area contributed by atoms with Crippen LogP contribution >= 0.6 is 0 Å². The summed E-state index contributed by atoms with van der Waals surface area (Å²) in [4.78, 5) is 0. The minimum Gasteiger partial charge on any atom is -0.591 e. The van der Waals surface area contributed by atoms with Crippen molar-refractivity contribution >= 4 is 28.0 Å². The van der Waals surface area contributed by atoms with Crippen molar-refractivity contribution in [1.29, 1.82) is 0 Å². The molecule has 0 spiro atoms. The molecular formula is C15H21N3O2S. The Labute approximate surface area is 128 Å². The van der Waals surface area contributed by atoms with E-state index in [0.717, 1.165) is 22.2 Å². The Hall–Kier alpha value is -1.53. The number of aryl methyl sites for hydroxylation is 1. The van der Waals surface area contributed by atoms with Crippen molar-refractivity contribution < 1.29 is 9.29 Å². The van der Waals surface area contributed by atoms with E-state index in [1.807, 2.05) is 52.9 Å². The lowest BCUT2D eigenvalue weighted by atomic mass is 10.1. The standard InChI is InChI=1S/C15H21N3O2S/c1-10(17-21(19)15(2,3)4)11-7-8-13-12(9-11)14(20-6)16-18(13)5/h7-9H,1-6H3. The van der Waals surface area contributed by atoms with Gasteiger partial charge in [0.2, 0.25) is 5.88 Å². The van der Waals surface area contributed by atoms with Crippen molar-refractivity contribution in [3.05, 3.63) is 23.8 Å². The lowest BCUT2D eigenvalue weighted by Crippen LogP contribution is -2.26. The zero-order chi connectivity index (χ0) is 15.8. The number of aromatic nitrogens is 2. The second kappa shape index (κ2) is 5.69. The molecule has 5 nitrogen and oxygen atoms in total. The van der Waals surface area contributed by atoms with Crippen LogP contribution < -0.4 is 4.74 Å². The van der Waals surface area contributed by atoms with Crippen LogP contribution in [-0.4, -0.2) is 31.9 Å². The van der Waals surface area contributed by atoms with Gasteiger partial charge in [-0.25, -0.2) is 0 Å². The summed E-state index contributed by atoms with van der Waals surface area (Å²) in [6.07, 6.45) is 0. The first-order valence-electron chi connectivity index (χ1n) is 6.72. The van der Waals surface area contributed by atoms with Crippen LogP contribution in [0.5, 0.6) is 5.88 Å². The van der Waals surface area contributed by atoms with Gasteiger partial charge in [0.25, 0.3) is 0 Å². The Balaban J connectivity index is 2.45. The van der Waals surface area contributed by atoms with E-state index in [4.69, 9.17) is 4.74 Å². The smallest absolute Gasteiger partial charge is 0.240 e. The van der Waals surface area contributed by atoms with Crippen LogP contribution in [-0.2, 0) is 18.4 Å². The van der Waals surface area contributed by atoms with Crippen molar-refractivity contribution in [2.75, 3.05) is 7.11 Å². The van der Waals surface area contributed by atoms with Crippen molar-refractivity contribution in [1.82, 2.24) is 9.78 Å². The van der Waals surface area contributed by atoms with E-state index >= 15 is 0 Å². The van der Waals surface area contributed by atoms with Gasteiger partial charge in [0.15, 0.2) is 0 Å². The molecule has 0 aliphatic rings. The lowest BCUT2D eigenvalue weighted by molar-refractivity contribution is 0.396. The molecule has 2 rings (SSSR count). The van der Waals surface area contributed by atoms with E-state index in [2.05, 4.69) is 9.50 Å². The number of nitrogens with zero attached hydrogens (tertiary/aromatic N) is 3. The molecular weight excluding hydrogens is 286 g/mol. The Morgan fingerprint density at radius 3 is 2.62 bits per heavy atom. The van der Waals surface area contributed by atoms with Crippen molar-refractivity contribution in [3.63, 3.8) is 0 Å². The molecule has 0 N–H and O–H groups in total. The van der Waals surface area contributed by atoms with Crippen LogP contribution in [0.1, 0.15) is 33.3 Å². The van der Waals surface area contributed by atoms with E-state index < -0.39 is 11.4 Å². The Morgan fingerprint density at radius 2 is 2.05 bits per heavy atom. The van der Waals surface area contributed by atoms with E-state index in [1.54, 1.807) is 11.8 Å². The van der Waals surface area contributed by atoms with Crippen LogP contribution in [0, 0.1) is 0 Å². The second-order valence-electron chi connectivity index (χ2n) is 5.90. The molecule has 6 heteroatoms. The maximum atomic E-state index is 12.1. The fourth-order valence-electron chi connectivity index (χ4n) is 1.92. The molecule has 1 aromatic heterocycles. The minimum absolute atomic E-state index is 0.364. The molecule has 1 heterocycles. The molecule has 2 aromatic rings. The molecule has 1 unspecified atom stereocenters. The van der Waals surface area contributed by atoms with Gasteiger partial charge >= 0.3 is 0 Å². The third-order valence-electron chi connectivity index (χ3n) is 3.17. The van der Waals surface area contributed by atoms with Gasteiger partial charge in [-0.1, -0.05) is 10.5 Å². The average molecular weight is 307 g/mol. The molecule has 0 bridgehead atoms. The van der Waals surface area contributed by atoms with Crippen LogP contribution in [0.2, 0.25) is 0 Å². The van der Waals surface area contributed by atoms with Gasteiger partial charge in [-0.2, -0.15) is 0 Å². The van der Waals surface area contributed by atoms with Crippen LogP contribution in [0.25, 0.3) is 10.9 Å². The molecule has 0 amide bonds. The second-order valence-corrected chi connectivity index (χ2v) is 7.81. The maximum Gasteiger partial charge on any atom is 0.240 e. The number of rotatable bonds is 3. The summed E-state index contributed by atoms with van der Waals surface area (Å²) in [5.74, 6) is 0.582. The van der Waals surface area contributed by atoms with E-state index in [0.29, 0.717) is 5.88 Å². The summed E-state index contributed by atoms with van der Waals surface area (Å²) in [5.41, 5.74) is 2.66. The monoisotopic (exact) mass is 307 g/mol. The van der Waals surface area contributed by atoms with E-state index in [-0.39, 0.29) is 4.75 Å². The molecule has 21 heavy (non-hydrogen) atoms. The minimum atomic E-state index is -1.27. The summed E-state index contributed by atoms with van der Waals surface area (Å²) < 4.78 is 23.1. The fraction of sp³-hybridized carbons (Fsp3) is 0.467. The van der Waals surface area contributed by atoms with Crippen molar-refractivity contribution in [2.45, 2.75) is 32.4 Å². The molecule has 0 aliphatic heterocycles. The third kappa shape index (κ3) is 3.22. The molecule has 0 saturated heterocycles. The van der Waals surface area contributed by atoms with Crippen LogP contribution in [0.4, 0.5) is 0 Å². The maximum absolute atomic E-state index is 12.1. The van der Waals surface area contributed by atoms with E-state index in [1.165, 1.54) is 0 Å². The first-order valence-corrected chi connectivity index (χ1v) is 7.83. The van der Waals surface area contributed by atoms with Crippen LogP contribution in [0.3, 0.4) is 0 Å². The predicted octanol–water partition coefficient (Wildman–Crippen LogP) is 2.85. The summed E-state index contributed by atoms with van der Waals surface area (Å²) in [7, 11) is 3.48. The molecule has 0 radical (unpaired) electrons. The number of hydrogen-bond donors (Lipinski definition) is 0. The Morgan fingerprint density at radius 1 is 1.38 bits per heavy atom. The molecule has 0 aliphatic carbocycles. The number of hydrogen-bond acceptors (Lipinski definition) is 4. The normalized spacial score (nSPS) is 14.5. The molecule has 1 atom stereocenters. The highest BCUT2D eigenvalue weighted by Crippen LogP contribution is 2.26. The predicted molar refractivity (Wildman–Crippen MR) is 87.4 cm³/mol. The quantitative estimate of drug-likeness (QED) is 0.647. The highest BCUT2D eigenvalue weighted by atomic mass is 32.2. The molecule has 114 valence electrons. The SMILES string of the molecule is COc1nn(C)c2ccc(C(C)=N[S+]([O-])C(C)(C)C)cc12. The molecule has 0 saturated carbocycles. The zero-order valence-corrected chi connectivity index (χ0v) is 14.1. The Kier molecular flexibility index (Phi) is 4.30. The largest absolute Gasteiger partial charge is 0.591 e. The highest BCUT2D eigenvalue weighted by molar-refractivity contribution is 7.91. The summed E-state index contributed by atoms with van der Waals surface area (Å²) in [5, 5.41) is 5.23. The lowest BCUT2D eigenvalue weighted by Gasteiger charge is -2.18. The first-order chi connectivity index (χ1) is 9.74. The fourth-order valence-corrected chi connectivity index (χ4v) is 2.55. The van der Waals surface area contributed by atoms with Gasteiger partial charge in [-0.15, -0.1) is 5.10 Å². The molecule has 0 fully saturated rings. The number of methoxy groups -OCH3 is 1. The molecule has 1 aromatic carbocycles. The van der Waals surface area contributed by atoms with Gasteiger partial charge < -0.3 is 9.29 Å². The number of fused-ring (bicyclic) bond motifs is 1. The zero-order valence-electron chi connectivity index (χ0n) is 13.3. The van der Waals surface area contributed by atoms with Gasteiger partial charge in [-0.05, 0) is 39.8 Å². The summed E-state index contributed by atoms with van der Waals surface area (Å²) >= 11 is -1.27. The summed E-state index contributed by atoms with van der Waals surface area (Å²) in [6.45, 7) is 7.60. The van der Waals surface area contributed by atoms with Crippen LogP contribution in [0.15, 0.2) is 22.6 Å².